The van der Waals surface area contributed by atoms with Gasteiger partial charge in [-0.15, -0.1) is 5.10 Å². The van der Waals surface area contributed by atoms with Crippen LogP contribution in [0.25, 0.3) is 4.96 Å². The zero-order chi connectivity index (χ0) is 16.6. The van der Waals surface area contributed by atoms with E-state index in [0.717, 1.165) is 48.6 Å². The number of imidazole rings is 1. The summed E-state index contributed by atoms with van der Waals surface area (Å²) in [6.45, 7) is 13.7. The van der Waals surface area contributed by atoms with Crippen molar-refractivity contribution in [2.45, 2.75) is 39.2 Å². The van der Waals surface area contributed by atoms with Crippen molar-refractivity contribution in [3.63, 3.8) is 0 Å². The van der Waals surface area contributed by atoms with Crippen molar-refractivity contribution in [2.24, 2.45) is 0 Å². The molecule has 1 atom stereocenters. The quantitative estimate of drug-likeness (QED) is 0.856. The Labute approximate surface area is 142 Å². The number of aromatic nitrogens is 3. The van der Waals surface area contributed by atoms with Crippen molar-refractivity contribution in [3.8, 4) is 0 Å². The van der Waals surface area contributed by atoms with Gasteiger partial charge in [0.15, 0.2) is 0 Å². The molecule has 7 heteroatoms. The molecule has 0 aliphatic carbocycles. The van der Waals surface area contributed by atoms with Crippen LogP contribution in [0.5, 0.6) is 0 Å². The van der Waals surface area contributed by atoms with Gasteiger partial charge in [-0.25, -0.2) is 9.50 Å². The number of fused-ring (bicyclic) bond motifs is 1. The third kappa shape index (κ3) is 3.51. The fourth-order valence-corrected chi connectivity index (χ4v) is 3.81. The summed E-state index contributed by atoms with van der Waals surface area (Å²) < 4.78 is 7.19. The Morgan fingerprint density at radius 1 is 1.26 bits per heavy atom. The van der Waals surface area contributed by atoms with E-state index in [4.69, 9.17) is 14.8 Å². The van der Waals surface area contributed by atoms with Crippen LogP contribution < -0.4 is 4.90 Å². The lowest BCUT2D eigenvalue weighted by Gasteiger charge is -2.37. The van der Waals surface area contributed by atoms with E-state index in [2.05, 4.69) is 43.7 Å². The lowest BCUT2D eigenvalue weighted by Crippen LogP contribution is -2.50. The number of hydrogen-bond acceptors (Lipinski definition) is 6. The maximum atomic E-state index is 5.26. The Hall–Kier alpha value is -1.18. The van der Waals surface area contributed by atoms with Gasteiger partial charge < -0.3 is 9.64 Å². The molecule has 0 aromatic carbocycles. The van der Waals surface area contributed by atoms with Crippen molar-refractivity contribution >= 4 is 21.4 Å². The number of anilines is 1. The molecule has 128 valence electrons. The fourth-order valence-electron chi connectivity index (χ4n) is 2.88. The Balaban J connectivity index is 1.67. The zero-order valence-corrected chi connectivity index (χ0v) is 15.6. The number of piperazine rings is 1. The number of nitrogens with zero attached hydrogens (tertiary/aromatic N) is 5. The van der Waals surface area contributed by atoms with Gasteiger partial charge in [-0.3, -0.25) is 4.90 Å². The molecule has 1 aliphatic rings. The number of rotatable bonds is 4. The first-order valence-corrected chi connectivity index (χ1v) is 9.05. The molecule has 1 saturated heterocycles. The lowest BCUT2D eigenvalue weighted by molar-refractivity contribution is 0.0953. The molecule has 2 aromatic heterocycles. The van der Waals surface area contributed by atoms with Gasteiger partial charge >= 0.3 is 0 Å². The molecule has 23 heavy (non-hydrogen) atoms. The Kier molecular flexibility index (Phi) is 4.62. The predicted molar refractivity (Wildman–Crippen MR) is 94.7 cm³/mol. The van der Waals surface area contributed by atoms with E-state index in [9.17, 15) is 0 Å². The first-order chi connectivity index (χ1) is 10.9. The summed E-state index contributed by atoms with van der Waals surface area (Å²) in [5.41, 5.74) is 1.16. The summed E-state index contributed by atoms with van der Waals surface area (Å²) in [5.74, 6) is 0. The van der Waals surface area contributed by atoms with Crippen LogP contribution in [0.1, 0.15) is 33.4 Å². The van der Waals surface area contributed by atoms with E-state index in [0.29, 0.717) is 6.04 Å². The van der Waals surface area contributed by atoms with Gasteiger partial charge in [0.05, 0.1) is 18.5 Å². The maximum Gasteiger partial charge on any atom is 0.214 e. The van der Waals surface area contributed by atoms with Gasteiger partial charge in [0.25, 0.3) is 0 Å². The number of ether oxygens (including phenoxy) is 1. The molecule has 1 unspecified atom stereocenters. The summed E-state index contributed by atoms with van der Waals surface area (Å²) >= 11 is 1.68. The number of hydrogen-bond donors (Lipinski definition) is 0. The van der Waals surface area contributed by atoms with Gasteiger partial charge in [-0.2, -0.15) is 0 Å². The van der Waals surface area contributed by atoms with E-state index in [1.807, 2.05) is 4.52 Å². The van der Waals surface area contributed by atoms with Gasteiger partial charge in [0.1, 0.15) is 0 Å². The molecule has 1 aliphatic heterocycles. The molecule has 2 aromatic rings. The monoisotopic (exact) mass is 337 g/mol. The highest BCUT2D eigenvalue weighted by Gasteiger charge is 2.24. The molecule has 3 rings (SSSR count). The molecule has 6 nitrogen and oxygen atoms in total. The summed E-state index contributed by atoms with van der Waals surface area (Å²) in [4.78, 5) is 10.6. The van der Waals surface area contributed by atoms with Gasteiger partial charge in [0.2, 0.25) is 10.1 Å². The van der Waals surface area contributed by atoms with Crippen LogP contribution in [0.3, 0.4) is 0 Å². The summed E-state index contributed by atoms with van der Waals surface area (Å²) in [7, 11) is 1.77. The van der Waals surface area contributed by atoms with Crippen LogP contribution in [0.4, 0.5) is 5.13 Å². The van der Waals surface area contributed by atoms with E-state index in [1.165, 1.54) is 0 Å². The molecular weight excluding hydrogens is 310 g/mol. The second-order valence-electron chi connectivity index (χ2n) is 7.32. The van der Waals surface area contributed by atoms with Crippen molar-refractivity contribution in [1.29, 1.82) is 0 Å². The van der Waals surface area contributed by atoms with E-state index in [-0.39, 0.29) is 5.41 Å². The Morgan fingerprint density at radius 3 is 2.52 bits per heavy atom. The highest BCUT2D eigenvalue weighted by Crippen LogP contribution is 2.28. The molecule has 0 saturated carbocycles. The molecule has 0 N–H and O–H groups in total. The predicted octanol–water partition coefficient (Wildman–Crippen LogP) is 2.25. The van der Waals surface area contributed by atoms with Crippen molar-refractivity contribution in [1.82, 2.24) is 19.5 Å². The third-order valence-electron chi connectivity index (χ3n) is 4.42. The highest BCUT2D eigenvalue weighted by molar-refractivity contribution is 7.20. The van der Waals surface area contributed by atoms with Gasteiger partial charge in [-0.1, -0.05) is 32.1 Å². The van der Waals surface area contributed by atoms with Crippen LogP contribution in [0.2, 0.25) is 0 Å². The molecule has 0 radical (unpaired) electrons. The van der Waals surface area contributed by atoms with E-state index >= 15 is 0 Å². The minimum Gasteiger partial charge on any atom is -0.383 e. The highest BCUT2D eigenvalue weighted by atomic mass is 32.1. The van der Waals surface area contributed by atoms with Crippen LogP contribution in [-0.2, 0) is 10.2 Å². The topological polar surface area (TPSA) is 45.9 Å². The van der Waals surface area contributed by atoms with Gasteiger partial charge in [-0.05, 0) is 6.92 Å². The normalized spacial score (nSPS) is 18.7. The lowest BCUT2D eigenvalue weighted by atomic mass is 9.93. The second kappa shape index (κ2) is 6.37. The maximum absolute atomic E-state index is 5.26. The fraction of sp³-hybridized carbons (Fsp3) is 0.750. The number of methoxy groups -OCH3 is 1. The van der Waals surface area contributed by atoms with E-state index < -0.39 is 0 Å². The molecule has 1 fully saturated rings. The SMILES string of the molecule is COCC(C)N1CCN(c2nn3cc(C(C)(C)C)nc3s2)CC1. The first-order valence-electron chi connectivity index (χ1n) is 8.23. The van der Waals surface area contributed by atoms with Crippen molar-refractivity contribution in [2.75, 3.05) is 44.8 Å². The molecule has 0 amide bonds. The van der Waals surface area contributed by atoms with Crippen LogP contribution in [0, 0.1) is 0 Å². The van der Waals surface area contributed by atoms with Crippen LogP contribution in [0.15, 0.2) is 6.20 Å². The zero-order valence-electron chi connectivity index (χ0n) is 14.7. The average molecular weight is 337 g/mol. The van der Waals surface area contributed by atoms with Crippen molar-refractivity contribution in [3.05, 3.63) is 11.9 Å². The largest absolute Gasteiger partial charge is 0.383 e. The molecular formula is C16H27N5OS. The van der Waals surface area contributed by atoms with E-state index in [1.54, 1.807) is 18.4 Å². The van der Waals surface area contributed by atoms with Gasteiger partial charge in [0, 0.05) is 44.7 Å². The third-order valence-corrected chi connectivity index (χ3v) is 5.40. The summed E-state index contributed by atoms with van der Waals surface area (Å²) in [5, 5.41) is 5.81. The molecule has 0 spiro atoms. The Morgan fingerprint density at radius 2 is 1.96 bits per heavy atom. The summed E-state index contributed by atoms with van der Waals surface area (Å²) in [6.07, 6.45) is 2.06. The first kappa shape index (κ1) is 16.7. The smallest absolute Gasteiger partial charge is 0.214 e. The van der Waals surface area contributed by atoms with Crippen molar-refractivity contribution < 1.29 is 4.74 Å². The minimum atomic E-state index is 0.0662. The summed E-state index contributed by atoms with van der Waals surface area (Å²) in [6, 6.07) is 0.477. The van der Waals surface area contributed by atoms with Crippen LogP contribution in [-0.4, -0.2) is 65.4 Å². The second-order valence-corrected chi connectivity index (χ2v) is 8.25. The Bertz CT molecular complexity index is 620. The van der Waals surface area contributed by atoms with Crippen LogP contribution >= 0.6 is 11.3 Å². The minimum absolute atomic E-state index is 0.0662. The standard InChI is InChI=1S/C16H27N5OS/c1-12(11-22-5)19-6-8-20(9-7-19)15-18-21-10-13(16(2,3)4)17-14(21)23-15/h10,12H,6-9,11H2,1-5H3. The molecule has 0 bridgehead atoms. The molecule has 3 heterocycles. The average Bonchev–Trinajstić information content (AvgIpc) is 3.05.